The minimum Gasteiger partial charge on any atom is -0.481 e. The van der Waals surface area contributed by atoms with Crippen molar-refractivity contribution in [2.75, 3.05) is 32.8 Å². The third-order valence-corrected chi connectivity index (χ3v) is 9.01. The quantitative estimate of drug-likeness (QED) is 0.158. The van der Waals surface area contributed by atoms with Gasteiger partial charge in [-0.1, -0.05) is 19.8 Å². The SMILES string of the molecule is C#Cc1cc(-c2c(C)cc(F)cc2C)c(F)c(C(CC(=O)O)NC(=O)C(CC(C)C)n2cc(CCN3CCCOCC3)c(C(F)(F)F)cc2=O)c1F. The highest BCUT2D eigenvalue weighted by Crippen LogP contribution is 2.38. The molecule has 0 saturated carbocycles. The summed E-state index contributed by atoms with van der Waals surface area (Å²) in [4.78, 5) is 41.4. The molecule has 1 amide bonds. The zero-order valence-electron chi connectivity index (χ0n) is 29.3. The molecule has 2 atom stereocenters. The number of pyridine rings is 1. The van der Waals surface area contributed by atoms with Crippen LogP contribution in [0.1, 0.15) is 78.6 Å². The average molecular weight is 734 g/mol. The molecule has 280 valence electrons. The average Bonchev–Trinajstić information content (AvgIpc) is 3.31. The molecule has 0 bridgehead atoms. The van der Waals surface area contributed by atoms with Gasteiger partial charge in [-0.2, -0.15) is 13.2 Å². The summed E-state index contributed by atoms with van der Waals surface area (Å²) in [5, 5.41) is 12.2. The molecule has 1 aromatic heterocycles. The third kappa shape index (κ3) is 9.43. The van der Waals surface area contributed by atoms with Gasteiger partial charge in [0.25, 0.3) is 5.56 Å². The van der Waals surface area contributed by atoms with Crippen LogP contribution in [-0.4, -0.2) is 59.3 Å². The summed E-state index contributed by atoms with van der Waals surface area (Å²) in [6.45, 7) is 8.63. The van der Waals surface area contributed by atoms with E-state index in [1.165, 1.54) is 13.8 Å². The first-order valence-corrected chi connectivity index (χ1v) is 16.8. The number of nitrogens with zero attached hydrogens (tertiary/aromatic N) is 2. The number of carbonyl (C=O) groups is 2. The number of ether oxygens (including phenoxy) is 1. The molecule has 14 heteroatoms. The van der Waals surface area contributed by atoms with E-state index in [2.05, 4.69) is 11.2 Å². The van der Waals surface area contributed by atoms with Gasteiger partial charge in [0.15, 0.2) is 0 Å². The van der Waals surface area contributed by atoms with Gasteiger partial charge in [-0.25, -0.2) is 13.2 Å². The number of alkyl halides is 3. The Morgan fingerprint density at radius 2 is 1.71 bits per heavy atom. The number of nitrogens with one attached hydrogen (secondary N) is 1. The fourth-order valence-corrected chi connectivity index (χ4v) is 6.65. The van der Waals surface area contributed by atoms with Crippen molar-refractivity contribution in [1.29, 1.82) is 0 Å². The lowest BCUT2D eigenvalue weighted by Gasteiger charge is -2.27. The fourth-order valence-electron chi connectivity index (χ4n) is 6.65. The maximum Gasteiger partial charge on any atom is 0.416 e. The molecule has 2 heterocycles. The lowest BCUT2D eigenvalue weighted by Crippen LogP contribution is -2.41. The predicted octanol–water partition coefficient (Wildman–Crippen LogP) is 6.73. The van der Waals surface area contributed by atoms with E-state index in [9.17, 15) is 37.1 Å². The molecule has 4 rings (SSSR count). The van der Waals surface area contributed by atoms with Gasteiger partial charge < -0.3 is 24.6 Å². The standard InChI is InChI=1S/C38H41F6N3O5/c1-6-24-17-27(33-22(4)15-26(39)16-23(33)5)36(41)34(35(24)40)29(19-32(49)50)45-37(51)30(14-21(2)3)47-20-25(28(18-31(47)48)38(42,43)44)8-10-46-9-7-12-52-13-11-46/h1,15-18,20-21,29-30H,7-14,19H2,2-5H3,(H,45,51)(H,49,50). The Labute approximate surface area is 297 Å². The zero-order valence-corrected chi connectivity index (χ0v) is 29.3. The Bertz CT molecular complexity index is 1890. The summed E-state index contributed by atoms with van der Waals surface area (Å²) < 4.78 is 95.4. The number of carboxylic acid groups (broad SMARTS) is 1. The van der Waals surface area contributed by atoms with Crippen LogP contribution in [0.3, 0.4) is 0 Å². The van der Waals surface area contributed by atoms with Crippen molar-refractivity contribution in [3.8, 4) is 23.5 Å². The van der Waals surface area contributed by atoms with E-state index in [-0.39, 0.29) is 53.1 Å². The molecule has 2 aromatic carbocycles. The lowest BCUT2D eigenvalue weighted by atomic mass is 9.89. The van der Waals surface area contributed by atoms with Crippen LogP contribution in [0.25, 0.3) is 11.1 Å². The second kappa shape index (κ2) is 16.8. The number of benzene rings is 2. The number of amides is 1. The van der Waals surface area contributed by atoms with E-state index in [0.29, 0.717) is 38.8 Å². The summed E-state index contributed by atoms with van der Waals surface area (Å²) >= 11 is 0. The van der Waals surface area contributed by atoms with Gasteiger partial charge in [0, 0.05) is 49.6 Å². The molecule has 8 nitrogen and oxygen atoms in total. The summed E-state index contributed by atoms with van der Waals surface area (Å²) in [6.07, 6.45) is 1.09. The third-order valence-electron chi connectivity index (χ3n) is 9.01. The molecule has 1 aliphatic heterocycles. The first-order valence-electron chi connectivity index (χ1n) is 16.8. The van der Waals surface area contributed by atoms with Crippen LogP contribution in [0.4, 0.5) is 26.3 Å². The molecule has 52 heavy (non-hydrogen) atoms. The van der Waals surface area contributed by atoms with Crippen LogP contribution in [0.15, 0.2) is 35.3 Å². The van der Waals surface area contributed by atoms with E-state index in [4.69, 9.17) is 11.2 Å². The molecular weight excluding hydrogens is 692 g/mol. The lowest BCUT2D eigenvalue weighted by molar-refractivity contribution is -0.139. The maximum atomic E-state index is 16.5. The molecule has 2 N–H and O–H groups in total. The number of hydrogen-bond donors (Lipinski definition) is 2. The van der Waals surface area contributed by atoms with Crippen molar-refractivity contribution in [3.05, 3.63) is 91.6 Å². The first kappa shape index (κ1) is 40.2. The molecule has 0 radical (unpaired) electrons. The van der Waals surface area contributed by atoms with Crippen molar-refractivity contribution in [2.24, 2.45) is 5.92 Å². The van der Waals surface area contributed by atoms with E-state index in [1.54, 1.807) is 13.8 Å². The fraction of sp³-hybridized carbons (Fsp3) is 0.447. The molecule has 1 saturated heterocycles. The van der Waals surface area contributed by atoms with Crippen LogP contribution in [0.5, 0.6) is 0 Å². The van der Waals surface area contributed by atoms with E-state index in [0.717, 1.165) is 29.0 Å². The Balaban J connectivity index is 1.82. The summed E-state index contributed by atoms with van der Waals surface area (Å²) in [7, 11) is 0. The molecule has 1 aliphatic rings. The highest BCUT2D eigenvalue weighted by Gasteiger charge is 2.37. The van der Waals surface area contributed by atoms with Crippen molar-refractivity contribution < 1.29 is 45.8 Å². The minimum absolute atomic E-state index is 0.103. The van der Waals surface area contributed by atoms with Crippen LogP contribution >= 0.6 is 0 Å². The molecular formula is C38H41F6N3O5. The number of rotatable bonds is 12. The largest absolute Gasteiger partial charge is 0.481 e. The first-order chi connectivity index (χ1) is 24.4. The number of aryl methyl sites for hydroxylation is 2. The molecule has 0 aliphatic carbocycles. The Kier molecular flexibility index (Phi) is 13.0. The van der Waals surface area contributed by atoms with Crippen LogP contribution < -0.4 is 10.9 Å². The highest BCUT2D eigenvalue weighted by molar-refractivity contribution is 5.82. The number of terminal acetylenes is 1. The second-order valence-electron chi connectivity index (χ2n) is 13.4. The van der Waals surface area contributed by atoms with Gasteiger partial charge >= 0.3 is 12.1 Å². The number of hydrogen-bond acceptors (Lipinski definition) is 5. The topological polar surface area (TPSA) is 101 Å². The van der Waals surface area contributed by atoms with Gasteiger partial charge in [0.05, 0.1) is 30.2 Å². The number of aliphatic carboxylic acids is 1. The smallest absolute Gasteiger partial charge is 0.416 e. The van der Waals surface area contributed by atoms with Crippen molar-refractivity contribution in [3.63, 3.8) is 0 Å². The molecule has 3 aromatic rings. The van der Waals surface area contributed by atoms with Gasteiger partial charge in [-0.05, 0) is 79.5 Å². The van der Waals surface area contributed by atoms with Gasteiger partial charge in [0.2, 0.25) is 5.91 Å². The second-order valence-corrected chi connectivity index (χ2v) is 13.4. The number of carbonyl (C=O) groups excluding carboxylic acids is 1. The van der Waals surface area contributed by atoms with Gasteiger partial charge in [0.1, 0.15) is 23.5 Å². The predicted molar refractivity (Wildman–Crippen MR) is 182 cm³/mol. The van der Waals surface area contributed by atoms with Crippen molar-refractivity contribution in [2.45, 2.75) is 71.6 Å². The monoisotopic (exact) mass is 733 g/mol. The zero-order chi connectivity index (χ0) is 38.5. The van der Waals surface area contributed by atoms with Crippen molar-refractivity contribution >= 4 is 11.9 Å². The normalized spacial score (nSPS) is 15.2. The number of carboxylic acids is 1. The molecule has 2 unspecified atom stereocenters. The van der Waals surface area contributed by atoms with E-state index in [1.807, 2.05) is 4.90 Å². The number of aromatic nitrogens is 1. The maximum absolute atomic E-state index is 16.5. The Morgan fingerprint density at radius 1 is 1.04 bits per heavy atom. The van der Waals surface area contributed by atoms with E-state index < -0.39 is 76.3 Å². The van der Waals surface area contributed by atoms with Gasteiger partial charge in [-0.3, -0.25) is 14.4 Å². The highest BCUT2D eigenvalue weighted by atomic mass is 19.4. The van der Waals surface area contributed by atoms with Crippen LogP contribution in [-0.2, 0) is 26.9 Å². The minimum atomic E-state index is -4.88. The Morgan fingerprint density at radius 3 is 2.31 bits per heavy atom. The summed E-state index contributed by atoms with van der Waals surface area (Å²) in [5.41, 5.74) is -3.42. The molecule has 0 spiro atoms. The van der Waals surface area contributed by atoms with Crippen LogP contribution in [0, 0.1) is 49.6 Å². The van der Waals surface area contributed by atoms with Crippen LogP contribution in [0.2, 0.25) is 0 Å². The van der Waals surface area contributed by atoms with E-state index >= 15 is 8.78 Å². The Hall–Kier alpha value is -4.61. The van der Waals surface area contributed by atoms with Crippen molar-refractivity contribution in [1.82, 2.24) is 14.8 Å². The summed E-state index contributed by atoms with van der Waals surface area (Å²) in [5.74, 6) is -4.01. The molecule has 1 fully saturated rings. The number of halogens is 6. The van der Waals surface area contributed by atoms with Gasteiger partial charge in [-0.15, -0.1) is 6.42 Å². The summed E-state index contributed by atoms with van der Waals surface area (Å²) in [6, 6.07) is 0.329.